The van der Waals surface area contributed by atoms with Gasteiger partial charge in [-0.2, -0.15) is 0 Å². The molecule has 22 heavy (non-hydrogen) atoms. The topological polar surface area (TPSA) is 38.7 Å². The Bertz CT molecular complexity index is 639. The molecule has 2 aromatic carbocycles. The maximum Gasteiger partial charge on any atom is 0.168 e. The second-order valence-corrected chi connectivity index (χ2v) is 5.39. The molecule has 0 aliphatic heterocycles. The molecule has 3 nitrogen and oxygen atoms in total. The third-order valence-corrected chi connectivity index (χ3v) is 3.39. The zero-order valence-corrected chi connectivity index (χ0v) is 13.4. The standard InChI is InChI=1S/C17H15BrFNO2/c18-14-3-1-13(2-4-14)17(21)9-11-20-15-5-7-16(8-6-15)22-12-10-19/h1-8,11H,9-10,12H2. The molecule has 0 saturated carbocycles. The Morgan fingerprint density at radius 2 is 1.82 bits per heavy atom. The third-order valence-electron chi connectivity index (χ3n) is 2.87. The van der Waals surface area contributed by atoms with Crippen LogP contribution in [0.2, 0.25) is 0 Å². The predicted molar refractivity (Wildman–Crippen MR) is 89.2 cm³/mol. The van der Waals surface area contributed by atoms with Crippen molar-refractivity contribution in [1.82, 2.24) is 0 Å². The first-order chi connectivity index (χ1) is 10.7. The van der Waals surface area contributed by atoms with Gasteiger partial charge in [0.1, 0.15) is 19.0 Å². The van der Waals surface area contributed by atoms with Gasteiger partial charge in [0.05, 0.1) is 5.69 Å². The van der Waals surface area contributed by atoms with Crippen molar-refractivity contribution in [2.75, 3.05) is 13.3 Å². The number of carbonyl (C=O) groups is 1. The zero-order chi connectivity index (χ0) is 15.8. The fourth-order valence-corrected chi connectivity index (χ4v) is 2.04. The van der Waals surface area contributed by atoms with E-state index in [1.165, 1.54) is 0 Å². The van der Waals surface area contributed by atoms with Crippen molar-refractivity contribution >= 4 is 33.6 Å². The van der Waals surface area contributed by atoms with E-state index in [0.29, 0.717) is 11.3 Å². The fourth-order valence-electron chi connectivity index (χ4n) is 1.77. The largest absolute Gasteiger partial charge is 0.491 e. The summed E-state index contributed by atoms with van der Waals surface area (Å²) in [5.74, 6) is 0.613. The number of benzene rings is 2. The van der Waals surface area contributed by atoms with Gasteiger partial charge >= 0.3 is 0 Å². The van der Waals surface area contributed by atoms with Gasteiger partial charge in [-0.05, 0) is 36.4 Å². The van der Waals surface area contributed by atoms with E-state index in [0.717, 1.165) is 10.2 Å². The Hall–Kier alpha value is -2.01. The minimum atomic E-state index is -0.516. The number of nitrogens with zero attached hydrogens (tertiary/aromatic N) is 1. The number of ketones is 1. The molecule has 0 amide bonds. The van der Waals surface area contributed by atoms with Crippen LogP contribution < -0.4 is 4.74 Å². The lowest BCUT2D eigenvalue weighted by Gasteiger charge is -2.03. The van der Waals surface area contributed by atoms with Gasteiger partial charge in [-0.3, -0.25) is 9.79 Å². The lowest BCUT2D eigenvalue weighted by Crippen LogP contribution is -1.99. The van der Waals surface area contributed by atoms with Gasteiger partial charge in [0.2, 0.25) is 0 Å². The lowest BCUT2D eigenvalue weighted by atomic mass is 10.1. The van der Waals surface area contributed by atoms with Gasteiger partial charge in [0.25, 0.3) is 0 Å². The number of carbonyl (C=O) groups excluding carboxylic acids is 1. The van der Waals surface area contributed by atoms with Gasteiger partial charge in [-0.25, -0.2) is 4.39 Å². The van der Waals surface area contributed by atoms with Crippen molar-refractivity contribution in [3.63, 3.8) is 0 Å². The average Bonchev–Trinajstić information content (AvgIpc) is 2.54. The summed E-state index contributed by atoms with van der Waals surface area (Å²) < 4.78 is 18.1. The van der Waals surface area contributed by atoms with Crippen LogP contribution in [0.1, 0.15) is 16.8 Å². The summed E-state index contributed by atoms with van der Waals surface area (Å²) in [5, 5.41) is 0. The number of halogens is 2. The number of alkyl halides is 1. The maximum atomic E-state index is 12.0. The van der Waals surface area contributed by atoms with Crippen LogP contribution in [0.4, 0.5) is 10.1 Å². The summed E-state index contributed by atoms with van der Waals surface area (Å²) >= 11 is 3.33. The molecule has 2 rings (SSSR count). The Morgan fingerprint density at radius 1 is 1.14 bits per heavy atom. The average molecular weight is 364 g/mol. The molecule has 0 spiro atoms. The molecule has 2 aromatic rings. The van der Waals surface area contributed by atoms with Gasteiger partial charge < -0.3 is 4.74 Å². The quantitative estimate of drug-likeness (QED) is 0.524. The van der Waals surface area contributed by atoms with Crippen molar-refractivity contribution in [3.05, 3.63) is 58.6 Å². The number of hydrogen-bond donors (Lipinski definition) is 0. The summed E-state index contributed by atoms with van der Waals surface area (Å²) in [5.41, 5.74) is 1.38. The first-order valence-corrected chi connectivity index (χ1v) is 7.58. The molecule has 0 saturated heterocycles. The van der Waals surface area contributed by atoms with E-state index in [4.69, 9.17) is 4.74 Å². The Labute approximate surface area is 137 Å². The number of hydrogen-bond acceptors (Lipinski definition) is 3. The molecule has 0 fully saturated rings. The number of rotatable bonds is 7. The highest BCUT2D eigenvalue weighted by molar-refractivity contribution is 9.10. The van der Waals surface area contributed by atoms with E-state index in [1.807, 2.05) is 12.1 Å². The van der Waals surface area contributed by atoms with Crippen LogP contribution in [0, 0.1) is 0 Å². The molecule has 0 aliphatic carbocycles. The fraction of sp³-hybridized carbons (Fsp3) is 0.176. The zero-order valence-electron chi connectivity index (χ0n) is 11.8. The summed E-state index contributed by atoms with van der Waals surface area (Å²) in [6.07, 6.45) is 1.82. The number of ether oxygens (including phenoxy) is 1. The summed E-state index contributed by atoms with van der Waals surface area (Å²) in [7, 11) is 0. The van der Waals surface area contributed by atoms with Crippen molar-refractivity contribution in [2.45, 2.75) is 6.42 Å². The second kappa shape index (κ2) is 8.44. The molecule has 0 aliphatic rings. The Morgan fingerprint density at radius 3 is 2.45 bits per heavy atom. The van der Waals surface area contributed by atoms with E-state index >= 15 is 0 Å². The molecule has 0 heterocycles. The van der Waals surface area contributed by atoms with Crippen molar-refractivity contribution in [3.8, 4) is 5.75 Å². The van der Waals surface area contributed by atoms with E-state index in [9.17, 15) is 9.18 Å². The van der Waals surface area contributed by atoms with Crippen LogP contribution >= 0.6 is 15.9 Å². The molecular weight excluding hydrogens is 349 g/mol. The lowest BCUT2D eigenvalue weighted by molar-refractivity contribution is 0.100. The molecule has 5 heteroatoms. The summed E-state index contributed by atoms with van der Waals surface area (Å²) in [6.45, 7) is -0.470. The van der Waals surface area contributed by atoms with Gasteiger partial charge in [0.15, 0.2) is 5.78 Å². The van der Waals surface area contributed by atoms with Crippen LogP contribution in [-0.4, -0.2) is 25.3 Å². The van der Waals surface area contributed by atoms with Crippen molar-refractivity contribution in [1.29, 1.82) is 0 Å². The van der Waals surface area contributed by atoms with Crippen LogP contribution in [-0.2, 0) is 0 Å². The van der Waals surface area contributed by atoms with E-state index in [2.05, 4.69) is 20.9 Å². The van der Waals surface area contributed by atoms with E-state index in [-0.39, 0.29) is 18.8 Å². The summed E-state index contributed by atoms with van der Waals surface area (Å²) in [6, 6.07) is 14.2. The smallest absolute Gasteiger partial charge is 0.168 e. The highest BCUT2D eigenvalue weighted by Crippen LogP contribution is 2.18. The second-order valence-electron chi connectivity index (χ2n) is 4.48. The van der Waals surface area contributed by atoms with Crippen LogP contribution in [0.25, 0.3) is 0 Å². The first-order valence-electron chi connectivity index (χ1n) is 6.79. The molecule has 0 atom stereocenters. The molecule has 0 unspecified atom stereocenters. The number of Topliss-reactive ketones (excluding diaryl/α,β-unsaturated/α-hetero) is 1. The highest BCUT2D eigenvalue weighted by atomic mass is 79.9. The van der Waals surface area contributed by atoms with E-state index in [1.54, 1.807) is 42.6 Å². The third kappa shape index (κ3) is 5.07. The van der Waals surface area contributed by atoms with Crippen molar-refractivity contribution < 1.29 is 13.9 Å². The minimum Gasteiger partial charge on any atom is -0.491 e. The van der Waals surface area contributed by atoms with Crippen LogP contribution in [0.5, 0.6) is 5.75 Å². The molecule has 0 radical (unpaired) electrons. The van der Waals surface area contributed by atoms with E-state index < -0.39 is 6.67 Å². The Balaban J connectivity index is 1.89. The van der Waals surface area contributed by atoms with Gasteiger partial charge in [-0.15, -0.1) is 0 Å². The Kier molecular flexibility index (Phi) is 6.27. The van der Waals surface area contributed by atoms with Crippen molar-refractivity contribution in [2.24, 2.45) is 4.99 Å². The summed E-state index contributed by atoms with van der Waals surface area (Å²) in [4.78, 5) is 16.2. The van der Waals surface area contributed by atoms with Gasteiger partial charge in [-0.1, -0.05) is 28.1 Å². The minimum absolute atomic E-state index is 0.0131. The first kappa shape index (κ1) is 16.4. The molecule has 114 valence electrons. The maximum absolute atomic E-state index is 12.0. The molecular formula is C17H15BrFNO2. The molecule has 0 N–H and O–H groups in total. The monoisotopic (exact) mass is 363 g/mol. The van der Waals surface area contributed by atoms with Crippen LogP contribution in [0.3, 0.4) is 0 Å². The SMILES string of the molecule is O=C(CC=Nc1ccc(OCCF)cc1)c1ccc(Br)cc1. The molecule has 0 aromatic heterocycles. The predicted octanol–water partition coefficient (Wildman–Crippen LogP) is 4.77. The normalized spacial score (nSPS) is 10.8. The number of aliphatic imine (C=N–C) groups is 1. The van der Waals surface area contributed by atoms with Crippen LogP contribution in [0.15, 0.2) is 58.0 Å². The van der Waals surface area contributed by atoms with Gasteiger partial charge in [0, 0.05) is 22.7 Å². The molecule has 0 bridgehead atoms. The highest BCUT2D eigenvalue weighted by Gasteiger charge is 2.03.